The van der Waals surface area contributed by atoms with Gasteiger partial charge in [-0.1, -0.05) is 54.6 Å². The van der Waals surface area contributed by atoms with Gasteiger partial charge in [0.1, 0.15) is 11.8 Å². The van der Waals surface area contributed by atoms with Gasteiger partial charge in [-0.2, -0.15) is 0 Å². The molecule has 4 heterocycles. The fraction of sp³-hybridized carbons (Fsp3) is 0.387. The second-order valence-electron chi connectivity index (χ2n) is 11.0. The number of likely N-dealkylation sites (N-methyl/N-ethyl adjacent to an activating group) is 1. The van der Waals surface area contributed by atoms with E-state index in [0.29, 0.717) is 24.5 Å². The molecule has 4 aliphatic rings. The van der Waals surface area contributed by atoms with Crippen molar-refractivity contribution in [3.63, 3.8) is 0 Å². The van der Waals surface area contributed by atoms with Gasteiger partial charge in [0.2, 0.25) is 11.8 Å². The largest absolute Gasteiger partial charge is 0.497 e. The average Bonchev–Trinajstić information content (AvgIpc) is 3.24. The molecular formula is C31H33N3O5S. The first-order valence-corrected chi connectivity index (χ1v) is 14.3. The number of thioether (sulfide) groups is 1. The maximum Gasteiger partial charge on any atom is 0.251 e. The number of hydrogen-bond acceptors (Lipinski definition) is 6. The summed E-state index contributed by atoms with van der Waals surface area (Å²) in [5.74, 6) is -1.36. The summed E-state index contributed by atoms with van der Waals surface area (Å²) < 4.78 is 3.65. The lowest BCUT2D eigenvalue weighted by atomic mass is 9.74. The van der Waals surface area contributed by atoms with Gasteiger partial charge in [0.25, 0.3) is 5.91 Å². The molecule has 1 N–H and O–H groups in total. The number of nitrogens with zero attached hydrogens (tertiary/aromatic N) is 3. The van der Waals surface area contributed by atoms with Gasteiger partial charge < -0.3 is 24.5 Å². The summed E-state index contributed by atoms with van der Waals surface area (Å²) >= 11 is 1.54. The monoisotopic (exact) mass is 559 g/mol. The van der Waals surface area contributed by atoms with E-state index in [1.54, 1.807) is 41.0 Å². The number of carbonyl (C=O) groups is 3. The van der Waals surface area contributed by atoms with Crippen LogP contribution in [0.25, 0.3) is 0 Å². The molecule has 0 bridgehead atoms. The van der Waals surface area contributed by atoms with Gasteiger partial charge in [-0.3, -0.25) is 14.4 Å². The van der Waals surface area contributed by atoms with Gasteiger partial charge in [0.05, 0.1) is 36.3 Å². The summed E-state index contributed by atoms with van der Waals surface area (Å²) in [6, 6.07) is 14.9. The van der Waals surface area contributed by atoms with Crippen molar-refractivity contribution < 1.29 is 24.2 Å². The Morgan fingerprint density at radius 1 is 0.950 bits per heavy atom. The number of likely N-dealkylation sites (tertiary alicyclic amines) is 1. The van der Waals surface area contributed by atoms with Crippen molar-refractivity contribution in [3.8, 4) is 5.75 Å². The van der Waals surface area contributed by atoms with E-state index in [9.17, 15) is 19.5 Å². The fourth-order valence-electron chi connectivity index (χ4n) is 6.94. The Kier molecular flexibility index (Phi) is 6.54. The van der Waals surface area contributed by atoms with Gasteiger partial charge in [0, 0.05) is 30.6 Å². The van der Waals surface area contributed by atoms with E-state index in [-0.39, 0.29) is 24.3 Å². The lowest BCUT2D eigenvalue weighted by Gasteiger charge is -2.39. The van der Waals surface area contributed by atoms with Crippen LogP contribution in [0.2, 0.25) is 0 Å². The van der Waals surface area contributed by atoms with Crippen molar-refractivity contribution in [2.45, 2.75) is 28.5 Å². The zero-order valence-corrected chi connectivity index (χ0v) is 23.6. The lowest BCUT2D eigenvalue weighted by Crippen LogP contribution is -2.54. The first kappa shape index (κ1) is 26.7. The molecule has 6 atom stereocenters. The van der Waals surface area contributed by atoms with Gasteiger partial charge in [0.15, 0.2) is 0 Å². The van der Waals surface area contributed by atoms with Crippen molar-refractivity contribution in [3.05, 3.63) is 84.5 Å². The SMILES string of the molecule is COc1ccc(N2CC=C[C@]34S[C@]5(C)C=CCN(C)C(=O)[C@@H]5[C@H]3C(=O)N([C@H](CO)c3ccccc3)C4C2=O)cc1. The molecule has 2 aromatic rings. The topological polar surface area (TPSA) is 90.4 Å². The number of carbonyl (C=O) groups excluding carboxylic acids is 3. The molecule has 40 heavy (non-hydrogen) atoms. The predicted octanol–water partition coefficient (Wildman–Crippen LogP) is 3.05. The van der Waals surface area contributed by atoms with Crippen molar-refractivity contribution >= 4 is 35.2 Å². The molecule has 4 aliphatic heterocycles. The second-order valence-corrected chi connectivity index (χ2v) is 12.8. The Labute approximate surface area is 238 Å². The molecule has 0 aliphatic carbocycles. The third kappa shape index (κ3) is 3.82. The van der Waals surface area contributed by atoms with E-state index in [1.807, 2.05) is 73.7 Å². The average molecular weight is 560 g/mol. The molecule has 1 spiro atoms. The number of amides is 3. The minimum absolute atomic E-state index is 0.104. The van der Waals surface area contributed by atoms with Gasteiger partial charge in [-0.05, 0) is 36.8 Å². The molecule has 2 aromatic carbocycles. The number of aliphatic hydroxyl groups is 1. The van der Waals surface area contributed by atoms with Gasteiger partial charge in [-0.15, -0.1) is 11.8 Å². The molecule has 1 unspecified atom stereocenters. The molecular weight excluding hydrogens is 526 g/mol. The molecule has 2 fully saturated rings. The van der Waals surface area contributed by atoms with E-state index >= 15 is 0 Å². The second kappa shape index (κ2) is 9.82. The van der Waals surface area contributed by atoms with E-state index in [0.717, 1.165) is 5.56 Å². The number of methoxy groups -OCH3 is 1. The van der Waals surface area contributed by atoms with Crippen LogP contribution in [0.5, 0.6) is 5.75 Å². The van der Waals surface area contributed by atoms with Crippen molar-refractivity contribution in [2.75, 3.05) is 38.8 Å². The molecule has 208 valence electrons. The maximum atomic E-state index is 14.7. The van der Waals surface area contributed by atoms with Crippen LogP contribution in [-0.4, -0.2) is 82.0 Å². The quantitative estimate of drug-likeness (QED) is 0.567. The van der Waals surface area contributed by atoms with E-state index in [1.165, 1.54) is 11.8 Å². The van der Waals surface area contributed by atoms with Crippen molar-refractivity contribution in [1.82, 2.24) is 9.80 Å². The van der Waals surface area contributed by atoms with E-state index in [2.05, 4.69) is 0 Å². The van der Waals surface area contributed by atoms with Crippen LogP contribution in [0.4, 0.5) is 5.69 Å². The summed E-state index contributed by atoms with van der Waals surface area (Å²) in [6.07, 6.45) is 7.96. The number of fused-ring (bicyclic) bond motifs is 2. The molecule has 6 rings (SSSR count). The third-order valence-corrected chi connectivity index (χ3v) is 10.6. The first-order valence-electron chi connectivity index (χ1n) is 13.5. The number of ether oxygens (including phenoxy) is 1. The van der Waals surface area contributed by atoms with Crippen LogP contribution in [0.3, 0.4) is 0 Å². The summed E-state index contributed by atoms with van der Waals surface area (Å²) in [6.45, 7) is 2.44. The Bertz CT molecular complexity index is 1400. The minimum atomic E-state index is -0.991. The zero-order chi connectivity index (χ0) is 28.2. The number of hydrogen-bond donors (Lipinski definition) is 1. The molecule has 9 heteroatoms. The standard InChI is InChI=1S/C31H33N3O5S/c1-30-15-7-17-32(2)27(36)24(30)25-28(37)34(23(19-35)20-9-5-4-6-10-20)26-29(38)33(18-8-16-31(25,26)40-30)21-11-13-22(39-3)14-12-21/h4-16,23-26,35H,17-19H2,1-3H3/t23-,24+,25+,26?,30-,31+/m1/s1. The van der Waals surface area contributed by atoms with Crippen LogP contribution >= 0.6 is 11.8 Å². The first-order chi connectivity index (χ1) is 19.3. The smallest absolute Gasteiger partial charge is 0.251 e. The Balaban J connectivity index is 1.53. The maximum absolute atomic E-state index is 14.7. The fourth-order valence-corrected chi connectivity index (χ4v) is 9.09. The predicted molar refractivity (Wildman–Crippen MR) is 154 cm³/mol. The molecule has 0 radical (unpaired) electrons. The van der Waals surface area contributed by atoms with Crippen LogP contribution in [-0.2, 0) is 14.4 Å². The molecule has 0 saturated carbocycles. The Hall–Kier alpha value is -3.56. The van der Waals surface area contributed by atoms with Crippen molar-refractivity contribution in [1.29, 1.82) is 0 Å². The molecule has 3 amide bonds. The third-order valence-electron chi connectivity index (χ3n) is 8.77. The number of aliphatic hydroxyl groups excluding tert-OH is 1. The highest BCUT2D eigenvalue weighted by Gasteiger charge is 2.74. The molecule has 2 saturated heterocycles. The summed E-state index contributed by atoms with van der Waals surface area (Å²) in [4.78, 5) is 48.1. The molecule has 8 nitrogen and oxygen atoms in total. The Morgan fingerprint density at radius 3 is 2.33 bits per heavy atom. The number of anilines is 1. The highest BCUT2D eigenvalue weighted by molar-refractivity contribution is 8.02. The van der Waals surface area contributed by atoms with Gasteiger partial charge >= 0.3 is 0 Å². The van der Waals surface area contributed by atoms with E-state index in [4.69, 9.17) is 4.74 Å². The van der Waals surface area contributed by atoms with Gasteiger partial charge in [-0.25, -0.2) is 0 Å². The minimum Gasteiger partial charge on any atom is -0.497 e. The van der Waals surface area contributed by atoms with Crippen LogP contribution in [0.1, 0.15) is 18.5 Å². The normalized spacial score (nSPS) is 31.9. The highest BCUT2D eigenvalue weighted by Crippen LogP contribution is 2.66. The summed E-state index contributed by atoms with van der Waals surface area (Å²) in [5.41, 5.74) is 1.42. The highest BCUT2D eigenvalue weighted by atomic mass is 32.2. The number of benzene rings is 2. The zero-order valence-electron chi connectivity index (χ0n) is 22.8. The van der Waals surface area contributed by atoms with Crippen molar-refractivity contribution in [2.24, 2.45) is 11.8 Å². The summed E-state index contributed by atoms with van der Waals surface area (Å²) in [7, 11) is 3.34. The van der Waals surface area contributed by atoms with Crippen LogP contribution in [0.15, 0.2) is 78.9 Å². The molecule has 0 aromatic heterocycles. The van der Waals surface area contributed by atoms with Crippen LogP contribution < -0.4 is 9.64 Å². The van der Waals surface area contributed by atoms with E-state index < -0.39 is 33.4 Å². The Morgan fingerprint density at radius 2 is 1.65 bits per heavy atom. The summed E-state index contributed by atoms with van der Waals surface area (Å²) in [5, 5.41) is 10.7. The van der Waals surface area contributed by atoms with Crippen LogP contribution in [0, 0.1) is 11.8 Å². The number of rotatable bonds is 5. The lowest BCUT2D eigenvalue weighted by molar-refractivity contribution is -0.145.